The number of sulfonamides is 1. The Morgan fingerprint density at radius 3 is 2.50 bits per heavy atom. The van der Waals surface area contributed by atoms with Crippen molar-refractivity contribution in [3.63, 3.8) is 0 Å². The van der Waals surface area contributed by atoms with E-state index in [0.717, 1.165) is 4.31 Å². The second-order valence-electron chi connectivity index (χ2n) is 4.60. The maximum absolute atomic E-state index is 12.5. The first-order valence-electron chi connectivity index (χ1n) is 6.21. The molecule has 1 atom stereocenters. The van der Waals surface area contributed by atoms with Gasteiger partial charge in [-0.25, -0.2) is 8.42 Å². The number of benzene rings is 1. The average Bonchev–Trinajstić information content (AvgIpc) is 2.47. The molecule has 1 N–H and O–H groups in total. The Morgan fingerprint density at radius 1 is 1.30 bits per heavy atom. The van der Waals surface area contributed by atoms with Gasteiger partial charge in [-0.3, -0.25) is 4.79 Å². The highest BCUT2D eigenvalue weighted by Gasteiger charge is 2.37. The molecule has 0 amide bonds. The molecule has 0 saturated carbocycles. The first-order chi connectivity index (χ1) is 9.46. The van der Waals surface area contributed by atoms with Crippen LogP contribution in [0.3, 0.4) is 0 Å². The van der Waals surface area contributed by atoms with Gasteiger partial charge in [0.1, 0.15) is 6.04 Å². The monoisotopic (exact) mass is 294 g/mol. The lowest BCUT2D eigenvalue weighted by Gasteiger charge is -2.31. The maximum Gasteiger partial charge on any atom is 0.322 e. The largest absolute Gasteiger partial charge is 0.480 e. The van der Waals surface area contributed by atoms with Gasteiger partial charge in [0, 0.05) is 6.54 Å². The normalized spacial score (nSPS) is 20.2. The molecule has 1 fully saturated rings. The zero-order chi connectivity index (χ0) is 14.8. The molecule has 6 nitrogen and oxygen atoms in total. The quantitative estimate of drug-likeness (QED) is 0.902. The average molecular weight is 294 g/mol. The summed E-state index contributed by atoms with van der Waals surface area (Å²) >= 11 is 0. The molecule has 0 aromatic heterocycles. The van der Waals surface area contributed by atoms with Crippen LogP contribution in [0.2, 0.25) is 0 Å². The predicted molar refractivity (Wildman–Crippen MR) is 70.3 cm³/mol. The summed E-state index contributed by atoms with van der Waals surface area (Å²) in [5.41, 5.74) is 0.359. The standard InChI is InChI=1S/C13H14N2O4S/c14-9-10-4-6-11(7-5-10)20(18,19)15-8-2-1-3-12(15)13(16)17/h4-7,12H,1-3,8H2,(H,16,17). The number of rotatable bonds is 3. The van der Waals surface area contributed by atoms with Gasteiger partial charge in [-0.1, -0.05) is 0 Å². The molecule has 1 aliphatic rings. The number of nitrogens with zero attached hydrogens (tertiary/aromatic N) is 2. The van der Waals surface area contributed by atoms with Gasteiger partial charge in [0.25, 0.3) is 0 Å². The van der Waals surface area contributed by atoms with Crippen molar-refractivity contribution in [2.75, 3.05) is 6.54 Å². The van der Waals surface area contributed by atoms with Crippen LogP contribution < -0.4 is 0 Å². The summed E-state index contributed by atoms with van der Waals surface area (Å²) in [6, 6.07) is 6.39. The van der Waals surface area contributed by atoms with Gasteiger partial charge in [-0.2, -0.15) is 9.57 Å². The molecule has 7 heteroatoms. The number of piperidine rings is 1. The summed E-state index contributed by atoms with van der Waals surface area (Å²) < 4.78 is 26.0. The van der Waals surface area contributed by atoms with Crippen molar-refractivity contribution in [2.24, 2.45) is 0 Å². The Hall–Kier alpha value is -1.91. The van der Waals surface area contributed by atoms with Crippen molar-refractivity contribution >= 4 is 16.0 Å². The molecule has 0 aliphatic carbocycles. The Bertz CT molecular complexity index is 646. The predicted octanol–water partition coefficient (Wildman–Crippen LogP) is 1.19. The Morgan fingerprint density at radius 2 is 1.95 bits per heavy atom. The Kier molecular flexibility index (Phi) is 4.06. The van der Waals surface area contributed by atoms with E-state index >= 15 is 0 Å². The molecule has 0 bridgehead atoms. The van der Waals surface area contributed by atoms with Crippen LogP contribution in [0.5, 0.6) is 0 Å². The van der Waals surface area contributed by atoms with Gasteiger partial charge < -0.3 is 5.11 Å². The third kappa shape index (κ3) is 2.66. The van der Waals surface area contributed by atoms with Crippen LogP contribution >= 0.6 is 0 Å². The highest BCUT2D eigenvalue weighted by molar-refractivity contribution is 7.89. The van der Waals surface area contributed by atoms with Gasteiger partial charge in [0.05, 0.1) is 16.5 Å². The van der Waals surface area contributed by atoms with Crippen molar-refractivity contribution in [3.8, 4) is 6.07 Å². The Labute approximate surface area is 117 Å². The van der Waals surface area contributed by atoms with Gasteiger partial charge in [0.2, 0.25) is 10.0 Å². The summed E-state index contributed by atoms with van der Waals surface area (Å²) in [4.78, 5) is 11.2. The number of carboxylic acids is 1. The highest BCUT2D eigenvalue weighted by Crippen LogP contribution is 2.25. The molecule has 0 radical (unpaired) electrons. The maximum atomic E-state index is 12.5. The second kappa shape index (κ2) is 5.61. The second-order valence-corrected chi connectivity index (χ2v) is 6.49. The number of carboxylic acid groups (broad SMARTS) is 1. The van der Waals surface area contributed by atoms with Gasteiger partial charge >= 0.3 is 5.97 Å². The van der Waals surface area contributed by atoms with Gasteiger partial charge in [-0.15, -0.1) is 0 Å². The lowest BCUT2D eigenvalue weighted by molar-refractivity contribution is -0.142. The van der Waals surface area contributed by atoms with Crippen LogP contribution in [0.25, 0.3) is 0 Å². The molecule has 20 heavy (non-hydrogen) atoms. The molecule has 1 heterocycles. The third-order valence-corrected chi connectivity index (χ3v) is 5.25. The van der Waals surface area contributed by atoms with E-state index in [4.69, 9.17) is 10.4 Å². The van der Waals surface area contributed by atoms with Crippen molar-refractivity contribution in [1.29, 1.82) is 5.26 Å². The summed E-state index contributed by atoms with van der Waals surface area (Å²) in [5.74, 6) is -1.12. The molecule has 1 unspecified atom stereocenters. The van der Waals surface area contributed by atoms with Crippen LogP contribution in [0, 0.1) is 11.3 Å². The zero-order valence-electron chi connectivity index (χ0n) is 10.7. The number of carbonyl (C=O) groups is 1. The SMILES string of the molecule is N#Cc1ccc(S(=O)(=O)N2CCCCC2C(=O)O)cc1. The molecule has 0 spiro atoms. The molecular formula is C13H14N2O4S. The fourth-order valence-corrected chi connectivity index (χ4v) is 3.93. The fourth-order valence-electron chi connectivity index (χ4n) is 2.28. The highest BCUT2D eigenvalue weighted by atomic mass is 32.2. The minimum atomic E-state index is -3.84. The first kappa shape index (κ1) is 14.5. The van der Waals surface area contributed by atoms with Crippen molar-refractivity contribution in [1.82, 2.24) is 4.31 Å². The number of aliphatic carboxylic acids is 1. The van der Waals surface area contributed by atoms with E-state index < -0.39 is 22.0 Å². The number of nitriles is 1. The lowest BCUT2D eigenvalue weighted by Crippen LogP contribution is -2.47. The minimum absolute atomic E-state index is 0.0182. The summed E-state index contributed by atoms with van der Waals surface area (Å²) in [7, 11) is -3.84. The van der Waals surface area contributed by atoms with Crippen molar-refractivity contribution < 1.29 is 18.3 Å². The van der Waals surface area contributed by atoms with Crippen LogP contribution in [-0.4, -0.2) is 36.4 Å². The van der Waals surface area contributed by atoms with Gasteiger partial charge in [0.15, 0.2) is 0 Å². The smallest absolute Gasteiger partial charge is 0.322 e. The third-order valence-electron chi connectivity index (χ3n) is 3.33. The van der Waals surface area contributed by atoms with Crippen LogP contribution in [0.1, 0.15) is 24.8 Å². The summed E-state index contributed by atoms with van der Waals surface area (Å²) in [6.45, 7) is 0.208. The lowest BCUT2D eigenvalue weighted by atomic mass is 10.1. The van der Waals surface area contributed by atoms with E-state index in [1.807, 2.05) is 6.07 Å². The van der Waals surface area contributed by atoms with Crippen molar-refractivity contribution in [2.45, 2.75) is 30.2 Å². The first-order valence-corrected chi connectivity index (χ1v) is 7.65. The van der Waals surface area contributed by atoms with Crippen LogP contribution in [-0.2, 0) is 14.8 Å². The van der Waals surface area contributed by atoms with E-state index in [1.165, 1.54) is 24.3 Å². The molecule has 1 aromatic carbocycles. The number of hydrogen-bond acceptors (Lipinski definition) is 4. The molecular weight excluding hydrogens is 280 g/mol. The number of hydrogen-bond donors (Lipinski definition) is 1. The van der Waals surface area contributed by atoms with Crippen LogP contribution in [0.15, 0.2) is 29.2 Å². The van der Waals surface area contributed by atoms with E-state index in [-0.39, 0.29) is 11.4 Å². The minimum Gasteiger partial charge on any atom is -0.480 e. The topological polar surface area (TPSA) is 98.5 Å². The molecule has 106 valence electrons. The Balaban J connectivity index is 2.37. The fraction of sp³-hybridized carbons (Fsp3) is 0.385. The van der Waals surface area contributed by atoms with Crippen LogP contribution in [0.4, 0.5) is 0 Å². The molecule has 1 aromatic rings. The van der Waals surface area contributed by atoms with E-state index in [9.17, 15) is 13.2 Å². The summed E-state index contributed by atoms with van der Waals surface area (Å²) in [5, 5.41) is 17.9. The zero-order valence-corrected chi connectivity index (χ0v) is 11.5. The van der Waals surface area contributed by atoms with Gasteiger partial charge in [-0.05, 0) is 43.5 Å². The van der Waals surface area contributed by atoms with E-state index in [0.29, 0.717) is 24.8 Å². The summed E-state index contributed by atoms with van der Waals surface area (Å²) in [6.07, 6.45) is 1.68. The van der Waals surface area contributed by atoms with Crippen molar-refractivity contribution in [3.05, 3.63) is 29.8 Å². The van der Waals surface area contributed by atoms with E-state index in [1.54, 1.807) is 0 Å². The van der Waals surface area contributed by atoms with E-state index in [2.05, 4.69) is 0 Å². The molecule has 1 aliphatic heterocycles. The molecule has 2 rings (SSSR count). The molecule has 1 saturated heterocycles.